The molecule has 0 amide bonds. The van der Waals surface area contributed by atoms with Gasteiger partial charge in [-0.05, 0) is 67.0 Å². The van der Waals surface area contributed by atoms with Gasteiger partial charge in [0.1, 0.15) is 5.76 Å². The summed E-state index contributed by atoms with van der Waals surface area (Å²) < 4.78 is 24.1. The highest BCUT2D eigenvalue weighted by Gasteiger charge is 2.40. The van der Waals surface area contributed by atoms with Gasteiger partial charge in [-0.3, -0.25) is 0 Å². The molecule has 1 N–H and O–H groups in total. The molecule has 0 aliphatic heterocycles. The van der Waals surface area contributed by atoms with E-state index in [1.54, 1.807) is 33.3 Å². The van der Waals surface area contributed by atoms with E-state index in [-0.39, 0.29) is 10.6 Å². The number of hydrogen-bond acceptors (Lipinski definition) is 5. The summed E-state index contributed by atoms with van der Waals surface area (Å²) in [7, 11) is 1.03. The topological polar surface area (TPSA) is 78.1 Å². The van der Waals surface area contributed by atoms with Crippen LogP contribution in [0.2, 0.25) is 18.1 Å². The smallest absolute Gasteiger partial charge is 0.331 e. The molecule has 3 aromatic rings. The fraction of sp³-hybridized carbons (Fsp3) is 0.346. The molecule has 1 heterocycles. The second kappa shape index (κ2) is 8.98. The van der Waals surface area contributed by atoms with Crippen molar-refractivity contribution in [1.29, 1.82) is 0 Å². The van der Waals surface area contributed by atoms with Crippen molar-refractivity contribution in [3.8, 4) is 28.6 Å². The first-order valence-electron chi connectivity index (χ1n) is 10.8. The van der Waals surface area contributed by atoms with Crippen LogP contribution in [0, 0.1) is 0 Å². The van der Waals surface area contributed by atoms with E-state index >= 15 is 0 Å². The fourth-order valence-corrected chi connectivity index (χ4v) is 4.23. The normalized spacial score (nSPS) is 12.7. The molecule has 0 aliphatic rings. The van der Waals surface area contributed by atoms with Crippen molar-refractivity contribution >= 4 is 31.3 Å². The van der Waals surface area contributed by atoms with Crippen LogP contribution in [0.5, 0.6) is 17.2 Å². The Kier molecular flexibility index (Phi) is 6.65. The second-order valence-electron chi connectivity index (χ2n) is 9.58. The first kappa shape index (κ1) is 24.4. The molecular formula is C26H32O6Si. The van der Waals surface area contributed by atoms with Crippen LogP contribution in [0.4, 0.5) is 0 Å². The van der Waals surface area contributed by atoms with Gasteiger partial charge >= 0.3 is 5.97 Å². The Bertz CT molecular complexity index is 1210. The number of fused-ring (bicyclic) bond motifs is 1. The van der Waals surface area contributed by atoms with E-state index in [0.29, 0.717) is 28.6 Å². The van der Waals surface area contributed by atoms with Crippen LogP contribution < -0.4 is 13.9 Å². The Labute approximate surface area is 195 Å². The first-order chi connectivity index (χ1) is 15.4. The van der Waals surface area contributed by atoms with Gasteiger partial charge in [-0.1, -0.05) is 26.8 Å². The Morgan fingerprint density at radius 3 is 2.30 bits per heavy atom. The third-order valence-corrected chi connectivity index (χ3v) is 10.5. The fourth-order valence-electron chi connectivity index (χ4n) is 3.21. The molecule has 7 heteroatoms. The van der Waals surface area contributed by atoms with Crippen LogP contribution in [0.1, 0.15) is 33.3 Å². The van der Waals surface area contributed by atoms with Crippen molar-refractivity contribution in [3.63, 3.8) is 0 Å². The zero-order chi connectivity index (χ0) is 24.6. The molecule has 6 nitrogen and oxygen atoms in total. The second-order valence-corrected chi connectivity index (χ2v) is 14.3. The third-order valence-electron chi connectivity index (χ3n) is 6.17. The van der Waals surface area contributed by atoms with Gasteiger partial charge in [0.15, 0.2) is 22.8 Å². The lowest BCUT2D eigenvalue weighted by Gasteiger charge is -2.37. The van der Waals surface area contributed by atoms with E-state index in [0.717, 1.165) is 16.5 Å². The summed E-state index contributed by atoms with van der Waals surface area (Å²) in [4.78, 5) is 11.3. The summed E-state index contributed by atoms with van der Waals surface area (Å²) in [6.07, 6.45) is 1.61. The molecule has 0 fully saturated rings. The zero-order valence-electron chi connectivity index (χ0n) is 20.5. The van der Waals surface area contributed by atoms with Crippen LogP contribution in [0.3, 0.4) is 0 Å². The molecule has 0 saturated carbocycles. The van der Waals surface area contributed by atoms with Gasteiger partial charge in [-0.15, -0.1) is 0 Å². The molecule has 0 atom stereocenters. The summed E-state index contributed by atoms with van der Waals surface area (Å²) in [6.45, 7) is 12.5. The molecule has 3 rings (SSSR count). The maximum absolute atomic E-state index is 11.3. The molecule has 2 aromatic carbocycles. The predicted octanol–water partition coefficient (Wildman–Crippen LogP) is 6.99. The number of hydrogen-bond donors (Lipinski definition) is 1. The lowest BCUT2D eigenvalue weighted by atomic mass is 10.1. The number of carbonyl (C=O) groups is 1. The van der Waals surface area contributed by atoms with Crippen LogP contribution in [0.15, 0.2) is 46.4 Å². The zero-order valence-corrected chi connectivity index (χ0v) is 21.5. The molecular weight excluding hydrogens is 436 g/mol. The lowest BCUT2D eigenvalue weighted by Crippen LogP contribution is -2.44. The predicted molar refractivity (Wildman–Crippen MR) is 134 cm³/mol. The highest BCUT2D eigenvalue weighted by Crippen LogP contribution is 2.46. The standard InChI is InChI=1S/C26H32O6Si/c1-16(25(27)28)12-17-13-18-15-21(31-23(18)22(14-17)30-6)19-10-9-11-20(29-5)24(19)32-33(7,8)26(2,3)4/h9-15H,1-8H3,(H,27,28)/b16-12+. The van der Waals surface area contributed by atoms with Crippen molar-refractivity contribution in [2.75, 3.05) is 14.2 Å². The summed E-state index contributed by atoms with van der Waals surface area (Å²) in [5.41, 5.74) is 2.32. The number of benzene rings is 2. The molecule has 0 saturated heterocycles. The average molecular weight is 469 g/mol. The minimum absolute atomic E-state index is 0.00541. The van der Waals surface area contributed by atoms with E-state index in [2.05, 4.69) is 33.9 Å². The molecule has 33 heavy (non-hydrogen) atoms. The number of carboxylic acid groups (broad SMARTS) is 1. The molecule has 0 spiro atoms. The molecule has 0 aliphatic carbocycles. The summed E-state index contributed by atoms with van der Waals surface area (Å²) in [6, 6.07) is 11.3. The molecule has 0 radical (unpaired) electrons. The Balaban J connectivity index is 2.19. The maximum atomic E-state index is 11.3. The van der Waals surface area contributed by atoms with Crippen molar-refractivity contribution in [1.82, 2.24) is 0 Å². The minimum Gasteiger partial charge on any atom is -0.541 e. The number of methoxy groups -OCH3 is 2. The maximum Gasteiger partial charge on any atom is 0.331 e. The van der Waals surface area contributed by atoms with Gasteiger partial charge in [0.05, 0.1) is 19.8 Å². The molecule has 176 valence electrons. The van der Waals surface area contributed by atoms with E-state index in [4.69, 9.17) is 18.3 Å². The van der Waals surface area contributed by atoms with Crippen molar-refractivity contribution < 1.29 is 28.2 Å². The van der Waals surface area contributed by atoms with Gasteiger partial charge in [0.2, 0.25) is 0 Å². The molecule has 1 aromatic heterocycles. The van der Waals surface area contributed by atoms with Crippen molar-refractivity contribution in [2.24, 2.45) is 0 Å². The van der Waals surface area contributed by atoms with Crippen LogP contribution in [-0.4, -0.2) is 33.6 Å². The minimum atomic E-state index is -2.16. The van der Waals surface area contributed by atoms with E-state index in [1.165, 1.54) is 0 Å². The van der Waals surface area contributed by atoms with Gasteiger partial charge in [-0.25, -0.2) is 4.79 Å². The summed E-state index contributed by atoms with van der Waals surface area (Å²) >= 11 is 0. The van der Waals surface area contributed by atoms with Gasteiger partial charge < -0.3 is 23.4 Å². The summed E-state index contributed by atoms with van der Waals surface area (Å²) in [5.74, 6) is 1.48. The number of aliphatic carboxylic acids is 1. The Hall–Kier alpha value is -3.19. The van der Waals surface area contributed by atoms with E-state index in [9.17, 15) is 9.90 Å². The molecule has 0 bridgehead atoms. The van der Waals surface area contributed by atoms with Gasteiger partial charge in [0.25, 0.3) is 8.32 Å². The monoisotopic (exact) mass is 468 g/mol. The highest BCUT2D eigenvalue weighted by atomic mass is 28.4. The van der Waals surface area contributed by atoms with Gasteiger partial charge in [-0.2, -0.15) is 0 Å². The van der Waals surface area contributed by atoms with Crippen LogP contribution >= 0.6 is 0 Å². The number of para-hydroxylation sites is 1. The molecule has 0 unspecified atom stereocenters. The van der Waals surface area contributed by atoms with Crippen molar-refractivity contribution in [2.45, 2.75) is 45.8 Å². The Morgan fingerprint density at radius 1 is 1.06 bits per heavy atom. The van der Waals surface area contributed by atoms with Crippen molar-refractivity contribution in [3.05, 3.63) is 47.5 Å². The van der Waals surface area contributed by atoms with E-state index < -0.39 is 14.3 Å². The Morgan fingerprint density at radius 2 is 1.73 bits per heavy atom. The number of carboxylic acids is 1. The lowest BCUT2D eigenvalue weighted by molar-refractivity contribution is -0.132. The number of ether oxygens (including phenoxy) is 2. The highest BCUT2D eigenvalue weighted by molar-refractivity contribution is 6.74. The SMILES string of the molecule is COc1cccc(-c2cc3cc(/C=C(\C)C(=O)O)cc(OC)c3o2)c1O[Si](C)(C)C(C)(C)C. The van der Waals surface area contributed by atoms with Gasteiger partial charge in [0, 0.05) is 11.0 Å². The number of furan rings is 1. The largest absolute Gasteiger partial charge is 0.541 e. The average Bonchev–Trinajstić information content (AvgIpc) is 3.16. The quantitative estimate of drug-likeness (QED) is 0.297. The van der Waals surface area contributed by atoms with Crippen LogP contribution in [0.25, 0.3) is 28.4 Å². The third kappa shape index (κ3) is 4.93. The van der Waals surface area contributed by atoms with Crippen LogP contribution in [-0.2, 0) is 4.79 Å². The first-order valence-corrected chi connectivity index (χ1v) is 13.7. The van der Waals surface area contributed by atoms with E-state index in [1.807, 2.05) is 30.3 Å². The summed E-state index contributed by atoms with van der Waals surface area (Å²) in [5, 5.41) is 10.0. The number of rotatable bonds is 7.